The number of aromatic nitrogens is 1. The van der Waals surface area contributed by atoms with Crippen LogP contribution in [0.25, 0.3) is 11.5 Å². The van der Waals surface area contributed by atoms with Crippen molar-refractivity contribution in [1.29, 1.82) is 0 Å². The number of nitrogens with one attached hydrogen (secondary N) is 1. The lowest BCUT2D eigenvalue weighted by molar-refractivity contribution is -0.119. The van der Waals surface area contributed by atoms with Gasteiger partial charge in [-0.2, -0.15) is 0 Å². The second-order valence-electron chi connectivity index (χ2n) is 7.68. The number of thioether (sulfide) groups is 1. The number of hydrogen-bond acceptors (Lipinski definition) is 5. The van der Waals surface area contributed by atoms with Crippen LogP contribution in [0.15, 0.2) is 52.9 Å². The third kappa shape index (κ3) is 5.31. The third-order valence-electron chi connectivity index (χ3n) is 5.48. The maximum absolute atomic E-state index is 12.5. The van der Waals surface area contributed by atoms with Gasteiger partial charge in [-0.25, -0.2) is 4.98 Å². The highest BCUT2D eigenvalue weighted by Gasteiger charge is 2.21. The van der Waals surface area contributed by atoms with Gasteiger partial charge in [-0.05, 0) is 68.5 Å². The van der Waals surface area contributed by atoms with Crippen molar-refractivity contribution in [2.45, 2.75) is 44.9 Å². The molecule has 1 aliphatic carbocycles. The molecule has 1 N–H and O–H groups in total. The summed E-state index contributed by atoms with van der Waals surface area (Å²) in [6.07, 6.45) is 3.21. The summed E-state index contributed by atoms with van der Waals surface area (Å²) in [5, 5.41) is 3.21. The molecular formula is C25H28N2O3S. The van der Waals surface area contributed by atoms with E-state index in [0.717, 1.165) is 42.0 Å². The van der Waals surface area contributed by atoms with E-state index in [9.17, 15) is 4.79 Å². The van der Waals surface area contributed by atoms with Crippen LogP contribution in [0, 0.1) is 6.92 Å². The molecule has 4 rings (SSSR count). The van der Waals surface area contributed by atoms with Gasteiger partial charge in [0.2, 0.25) is 11.8 Å². The SMILES string of the molecule is CCOc1ccc(-c2nc(CSCC(=O)N[C@H]3CCCc4ccccc43)c(C)o2)cc1. The molecule has 1 heterocycles. The highest BCUT2D eigenvalue weighted by molar-refractivity contribution is 7.99. The van der Waals surface area contributed by atoms with Gasteiger partial charge in [-0.3, -0.25) is 4.79 Å². The van der Waals surface area contributed by atoms with Crippen molar-refractivity contribution in [3.8, 4) is 17.2 Å². The minimum Gasteiger partial charge on any atom is -0.494 e. The second kappa shape index (κ2) is 10.1. The van der Waals surface area contributed by atoms with Crippen molar-refractivity contribution in [3.05, 3.63) is 71.1 Å². The van der Waals surface area contributed by atoms with E-state index in [1.54, 1.807) is 11.8 Å². The van der Waals surface area contributed by atoms with Gasteiger partial charge in [-0.1, -0.05) is 24.3 Å². The highest BCUT2D eigenvalue weighted by atomic mass is 32.2. The van der Waals surface area contributed by atoms with Crippen molar-refractivity contribution < 1.29 is 13.9 Å². The quantitative estimate of drug-likeness (QED) is 0.507. The Bertz CT molecular complexity index is 1030. The molecule has 1 aromatic heterocycles. The number of nitrogens with zero attached hydrogens (tertiary/aromatic N) is 1. The number of aryl methyl sites for hydroxylation is 2. The summed E-state index contributed by atoms with van der Waals surface area (Å²) in [7, 11) is 0. The van der Waals surface area contributed by atoms with Crippen LogP contribution in [0.3, 0.4) is 0 Å². The maximum atomic E-state index is 12.5. The zero-order valence-electron chi connectivity index (χ0n) is 18.0. The summed E-state index contributed by atoms with van der Waals surface area (Å²) >= 11 is 1.56. The Labute approximate surface area is 187 Å². The van der Waals surface area contributed by atoms with Crippen LogP contribution >= 0.6 is 11.8 Å². The number of carbonyl (C=O) groups excluding carboxylic acids is 1. The lowest BCUT2D eigenvalue weighted by Gasteiger charge is -2.26. The molecule has 31 heavy (non-hydrogen) atoms. The van der Waals surface area contributed by atoms with Crippen molar-refractivity contribution in [3.63, 3.8) is 0 Å². The molecule has 0 radical (unpaired) electrons. The van der Waals surface area contributed by atoms with E-state index in [-0.39, 0.29) is 11.9 Å². The van der Waals surface area contributed by atoms with Crippen LogP contribution in [0.2, 0.25) is 0 Å². The average Bonchev–Trinajstić information content (AvgIpc) is 3.15. The fraction of sp³-hybridized carbons (Fsp3) is 0.360. The molecule has 0 spiro atoms. The van der Waals surface area contributed by atoms with Crippen LogP contribution in [-0.4, -0.2) is 23.3 Å². The molecular weight excluding hydrogens is 408 g/mol. The number of hydrogen-bond donors (Lipinski definition) is 1. The molecule has 0 saturated carbocycles. The van der Waals surface area contributed by atoms with Crippen LogP contribution in [0.5, 0.6) is 5.75 Å². The Morgan fingerprint density at radius 1 is 1.23 bits per heavy atom. The summed E-state index contributed by atoms with van der Waals surface area (Å²) in [6.45, 7) is 4.52. The molecule has 1 amide bonds. The molecule has 3 aromatic rings. The number of oxazole rings is 1. The van der Waals surface area contributed by atoms with Gasteiger partial charge in [0.15, 0.2) is 0 Å². The monoisotopic (exact) mass is 436 g/mol. The van der Waals surface area contributed by atoms with Crippen molar-refractivity contribution in [2.24, 2.45) is 0 Å². The van der Waals surface area contributed by atoms with Gasteiger partial charge in [0.25, 0.3) is 0 Å². The Balaban J connectivity index is 1.30. The van der Waals surface area contributed by atoms with E-state index < -0.39 is 0 Å². The average molecular weight is 437 g/mol. The first-order valence-corrected chi connectivity index (χ1v) is 11.9. The molecule has 1 aliphatic rings. The molecule has 0 saturated heterocycles. The van der Waals surface area contributed by atoms with Gasteiger partial charge >= 0.3 is 0 Å². The zero-order chi connectivity index (χ0) is 21.6. The van der Waals surface area contributed by atoms with Crippen molar-refractivity contribution in [1.82, 2.24) is 10.3 Å². The van der Waals surface area contributed by atoms with E-state index in [1.165, 1.54) is 11.1 Å². The van der Waals surface area contributed by atoms with Crippen molar-refractivity contribution in [2.75, 3.05) is 12.4 Å². The Hall–Kier alpha value is -2.73. The minimum absolute atomic E-state index is 0.0691. The summed E-state index contributed by atoms with van der Waals surface area (Å²) in [4.78, 5) is 17.2. The molecule has 1 atom stereocenters. The molecule has 2 aromatic carbocycles. The van der Waals surface area contributed by atoms with E-state index in [2.05, 4.69) is 28.5 Å². The normalized spacial score (nSPS) is 15.4. The first kappa shape index (κ1) is 21.5. The van der Waals surface area contributed by atoms with Gasteiger partial charge in [0.05, 0.1) is 24.1 Å². The standard InChI is InChI=1S/C25H28N2O3S/c1-3-29-20-13-11-19(12-14-20)25-27-23(17(2)30-25)15-31-16-24(28)26-22-10-6-8-18-7-4-5-9-21(18)22/h4-5,7,9,11-14,22H,3,6,8,10,15-16H2,1-2H3,(H,26,28)/t22-/m0/s1. The lowest BCUT2D eigenvalue weighted by atomic mass is 9.88. The number of amides is 1. The number of ether oxygens (including phenoxy) is 1. The third-order valence-corrected chi connectivity index (χ3v) is 6.43. The Morgan fingerprint density at radius 2 is 2.03 bits per heavy atom. The molecule has 0 unspecified atom stereocenters. The first-order valence-electron chi connectivity index (χ1n) is 10.8. The topological polar surface area (TPSA) is 64.4 Å². The molecule has 162 valence electrons. The van der Waals surface area contributed by atoms with Crippen LogP contribution < -0.4 is 10.1 Å². The lowest BCUT2D eigenvalue weighted by Crippen LogP contribution is -2.32. The smallest absolute Gasteiger partial charge is 0.230 e. The largest absolute Gasteiger partial charge is 0.494 e. The number of rotatable bonds is 8. The molecule has 0 fully saturated rings. The van der Waals surface area contributed by atoms with E-state index >= 15 is 0 Å². The summed E-state index contributed by atoms with van der Waals surface area (Å²) in [5.41, 5.74) is 4.41. The van der Waals surface area contributed by atoms with Gasteiger partial charge in [0.1, 0.15) is 11.5 Å². The predicted molar refractivity (Wildman–Crippen MR) is 124 cm³/mol. The fourth-order valence-electron chi connectivity index (χ4n) is 3.93. The van der Waals surface area contributed by atoms with Crippen LogP contribution in [0.1, 0.15) is 48.4 Å². The predicted octanol–water partition coefficient (Wildman–Crippen LogP) is 5.48. The molecule has 5 nitrogen and oxygen atoms in total. The summed E-state index contributed by atoms with van der Waals surface area (Å²) < 4.78 is 11.3. The van der Waals surface area contributed by atoms with Gasteiger partial charge < -0.3 is 14.5 Å². The van der Waals surface area contributed by atoms with Crippen LogP contribution in [0.4, 0.5) is 0 Å². The molecule has 6 heteroatoms. The number of carbonyl (C=O) groups is 1. The maximum Gasteiger partial charge on any atom is 0.230 e. The van der Waals surface area contributed by atoms with E-state index in [1.807, 2.05) is 44.2 Å². The summed E-state index contributed by atoms with van der Waals surface area (Å²) in [5.74, 6) is 3.33. The minimum atomic E-state index is 0.0691. The fourth-order valence-corrected chi connectivity index (χ4v) is 4.76. The Kier molecular flexibility index (Phi) is 6.97. The van der Waals surface area contributed by atoms with E-state index in [4.69, 9.17) is 9.15 Å². The summed E-state index contributed by atoms with van der Waals surface area (Å²) in [6, 6.07) is 16.3. The number of benzene rings is 2. The van der Waals surface area contributed by atoms with Crippen LogP contribution in [-0.2, 0) is 17.0 Å². The zero-order valence-corrected chi connectivity index (χ0v) is 18.8. The van der Waals surface area contributed by atoms with Gasteiger partial charge in [0, 0.05) is 11.3 Å². The van der Waals surface area contributed by atoms with E-state index in [0.29, 0.717) is 24.0 Å². The molecule has 0 aliphatic heterocycles. The highest BCUT2D eigenvalue weighted by Crippen LogP contribution is 2.30. The first-order chi connectivity index (χ1) is 15.1. The Morgan fingerprint density at radius 3 is 2.84 bits per heavy atom. The van der Waals surface area contributed by atoms with Gasteiger partial charge in [-0.15, -0.1) is 11.8 Å². The molecule has 0 bridgehead atoms. The second-order valence-corrected chi connectivity index (χ2v) is 8.67. The number of fused-ring (bicyclic) bond motifs is 1. The van der Waals surface area contributed by atoms with Crippen molar-refractivity contribution >= 4 is 17.7 Å².